The highest BCUT2D eigenvalue weighted by Gasteiger charge is 2.20. The van der Waals surface area contributed by atoms with Gasteiger partial charge in [0.1, 0.15) is 18.2 Å². The van der Waals surface area contributed by atoms with Crippen molar-refractivity contribution < 1.29 is 9.18 Å². The SMILES string of the molecule is O=CC1C=C(F)C=C2C=CC=CN21. The van der Waals surface area contributed by atoms with Crippen LogP contribution in [-0.4, -0.2) is 17.2 Å². The molecule has 0 aromatic carbocycles. The van der Waals surface area contributed by atoms with E-state index in [-0.39, 0.29) is 5.83 Å². The Morgan fingerprint density at radius 3 is 3.08 bits per heavy atom. The van der Waals surface area contributed by atoms with Crippen molar-refractivity contribution in [2.45, 2.75) is 6.04 Å². The zero-order valence-corrected chi connectivity index (χ0v) is 6.85. The molecule has 1 unspecified atom stereocenters. The summed E-state index contributed by atoms with van der Waals surface area (Å²) in [6.07, 6.45) is 10.6. The number of carbonyl (C=O) groups excluding carboxylic acids is 1. The predicted octanol–water partition coefficient (Wildman–Crippen LogP) is 1.69. The number of halogens is 1. The fraction of sp³-hybridized carbons (Fsp3) is 0.100. The van der Waals surface area contributed by atoms with E-state index < -0.39 is 6.04 Å². The highest BCUT2D eigenvalue weighted by atomic mass is 19.1. The molecule has 0 saturated carbocycles. The molecule has 0 radical (unpaired) electrons. The molecule has 0 amide bonds. The zero-order chi connectivity index (χ0) is 9.26. The first-order chi connectivity index (χ1) is 6.31. The Labute approximate surface area is 75.3 Å². The van der Waals surface area contributed by atoms with Crippen LogP contribution in [0.2, 0.25) is 0 Å². The smallest absolute Gasteiger partial charge is 0.146 e. The van der Waals surface area contributed by atoms with Crippen LogP contribution in [0, 0.1) is 0 Å². The monoisotopic (exact) mass is 177 g/mol. The summed E-state index contributed by atoms with van der Waals surface area (Å²) >= 11 is 0. The highest BCUT2D eigenvalue weighted by molar-refractivity contribution is 5.64. The molecule has 0 bridgehead atoms. The van der Waals surface area contributed by atoms with E-state index in [2.05, 4.69) is 0 Å². The number of carbonyl (C=O) groups is 1. The van der Waals surface area contributed by atoms with E-state index in [4.69, 9.17) is 0 Å². The lowest BCUT2D eigenvalue weighted by molar-refractivity contribution is -0.110. The minimum Gasteiger partial charge on any atom is -0.334 e. The number of allylic oxidation sites excluding steroid dienone is 5. The summed E-state index contributed by atoms with van der Waals surface area (Å²) in [5.74, 6) is -0.358. The number of hydrogen-bond acceptors (Lipinski definition) is 2. The van der Waals surface area contributed by atoms with E-state index in [0.717, 1.165) is 6.29 Å². The summed E-state index contributed by atoms with van der Waals surface area (Å²) in [6.45, 7) is 0. The minimum atomic E-state index is -0.513. The third-order valence-electron chi connectivity index (χ3n) is 2.00. The van der Waals surface area contributed by atoms with Gasteiger partial charge in [0.2, 0.25) is 0 Å². The van der Waals surface area contributed by atoms with Gasteiger partial charge in [-0.05, 0) is 24.3 Å². The maximum Gasteiger partial charge on any atom is 0.146 e. The van der Waals surface area contributed by atoms with Gasteiger partial charge in [-0.3, -0.25) is 0 Å². The summed E-state index contributed by atoms with van der Waals surface area (Å²) in [6, 6.07) is -0.513. The lowest BCUT2D eigenvalue weighted by Gasteiger charge is -2.29. The third kappa shape index (κ3) is 1.33. The van der Waals surface area contributed by atoms with Crippen LogP contribution in [0.5, 0.6) is 0 Å². The van der Waals surface area contributed by atoms with Gasteiger partial charge in [-0.2, -0.15) is 0 Å². The largest absolute Gasteiger partial charge is 0.334 e. The van der Waals surface area contributed by atoms with Crippen LogP contribution in [0.4, 0.5) is 4.39 Å². The number of aldehydes is 1. The van der Waals surface area contributed by atoms with Gasteiger partial charge < -0.3 is 9.69 Å². The Bertz CT molecular complexity index is 352. The summed E-state index contributed by atoms with van der Waals surface area (Å²) in [4.78, 5) is 12.3. The number of fused-ring (bicyclic) bond motifs is 1. The van der Waals surface area contributed by atoms with Crippen molar-refractivity contribution in [3.63, 3.8) is 0 Å². The molecule has 2 nitrogen and oxygen atoms in total. The second-order valence-electron chi connectivity index (χ2n) is 2.86. The predicted molar refractivity (Wildman–Crippen MR) is 47.2 cm³/mol. The lowest BCUT2D eigenvalue weighted by atomic mass is 10.1. The molecule has 0 aliphatic carbocycles. The summed E-state index contributed by atoms with van der Waals surface area (Å²) in [5.41, 5.74) is 0.708. The summed E-state index contributed by atoms with van der Waals surface area (Å²) in [5, 5.41) is 0. The minimum absolute atomic E-state index is 0.358. The Morgan fingerprint density at radius 1 is 1.46 bits per heavy atom. The Hall–Kier alpha value is -1.64. The van der Waals surface area contributed by atoms with Crippen LogP contribution in [0.25, 0.3) is 0 Å². The van der Waals surface area contributed by atoms with Crippen LogP contribution in [-0.2, 0) is 4.79 Å². The van der Waals surface area contributed by atoms with Crippen molar-refractivity contribution in [1.82, 2.24) is 4.90 Å². The van der Waals surface area contributed by atoms with Crippen LogP contribution < -0.4 is 0 Å². The fourth-order valence-electron chi connectivity index (χ4n) is 1.40. The fourth-order valence-corrected chi connectivity index (χ4v) is 1.40. The first-order valence-corrected chi connectivity index (χ1v) is 3.99. The molecule has 2 heterocycles. The number of nitrogens with zero attached hydrogens (tertiary/aromatic N) is 1. The first kappa shape index (κ1) is 7.98. The molecule has 2 aliphatic heterocycles. The molecule has 2 aliphatic rings. The molecule has 0 aromatic heterocycles. The van der Waals surface area contributed by atoms with Gasteiger partial charge in [0.15, 0.2) is 0 Å². The molecule has 0 fully saturated rings. The van der Waals surface area contributed by atoms with Gasteiger partial charge in [-0.25, -0.2) is 4.39 Å². The Kier molecular flexibility index (Phi) is 1.85. The van der Waals surface area contributed by atoms with E-state index >= 15 is 0 Å². The standard InChI is InChI=1S/C10H8FNO/c11-8-5-9-3-1-2-4-12(9)10(6-8)7-13/h1-7,10H. The zero-order valence-electron chi connectivity index (χ0n) is 6.85. The highest BCUT2D eigenvalue weighted by Crippen LogP contribution is 2.23. The normalized spacial score (nSPS) is 25.0. The lowest BCUT2D eigenvalue weighted by Crippen LogP contribution is -2.32. The molecule has 0 spiro atoms. The topological polar surface area (TPSA) is 20.3 Å². The maximum atomic E-state index is 12.9. The van der Waals surface area contributed by atoms with E-state index in [1.54, 1.807) is 17.2 Å². The van der Waals surface area contributed by atoms with E-state index in [1.807, 2.05) is 12.2 Å². The maximum absolute atomic E-state index is 12.9. The van der Waals surface area contributed by atoms with Gasteiger partial charge in [0, 0.05) is 11.9 Å². The van der Waals surface area contributed by atoms with E-state index in [1.165, 1.54) is 12.2 Å². The van der Waals surface area contributed by atoms with Crippen LogP contribution in [0.1, 0.15) is 0 Å². The van der Waals surface area contributed by atoms with E-state index in [0.29, 0.717) is 5.70 Å². The quantitative estimate of drug-likeness (QED) is 0.568. The average molecular weight is 177 g/mol. The van der Waals surface area contributed by atoms with Crippen molar-refractivity contribution in [3.8, 4) is 0 Å². The Morgan fingerprint density at radius 2 is 2.31 bits per heavy atom. The van der Waals surface area contributed by atoms with Gasteiger partial charge in [0.25, 0.3) is 0 Å². The van der Waals surface area contributed by atoms with Gasteiger partial charge >= 0.3 is 0 Å². The second-order valence-corrected chi connectivity index (χ2v) is 2.86. The van der Waals surface area contributed by atoms with Crippen LogP contribution in [0.3, 0.4) is 0 Å². The van der Waals surface area contributed by atoms with Crippen molar-refractivity contribution in [3.05, 3.63) is 48.1 Å². The van der Waals surface area contributed by atoms with Gasteiger partial charge in [0.05, 0.1) is 0 Å². The van der Waals surface area contributed by atoms with Crippen LogP contribution >= 0.6 is 0 Å². The number of hydrogen-bond donors (Lipinski definition) is 0. The van der Waals surface area contributed by atoms with Gasteiger partial charge in [-0.1, -0.05) is 6.08 Å². The molecule has 0 N–H and O–H groups in total. The average Bonchev–Trinajstić information content (AvgIpc) is 2.16. The first-order valence-electron chi connectivity index (χ1n) is 3.99. The molecule has 0 aromatic rings. The van der Waals surface area contributed by atoms with Crippen molar-refractivity contribution in [1.29, 1.82) is 0 Å². The molecular weight excluding hydrogens is 169 g/mol. The van der Waals surface area contributed by atoms with Crippen molar-refractivity contribution >= 4 is 6.29 Å². The third-order valence-corrected chi connectivity index (χ3v) is 2.00. The van der Waals surface area contributed by atoms with Gasteiger partial charge in [-0.15, -0.1) is 0 Å². The molecule has 3 heteroatoms. The summed E-state index contributed by atoms with van der Waals surface area (Å²) in [7, 11) is 0. The van der Waals surface area contributed by atoms with Crippen molar-refractivity contribution in [2.24, 2.45) is 0 Å². The molecule has 0 saturated heterocycles. The molecule has 1 atom stereocenters. The summed E-state index contributed by atoms with van der Waals surface area (Å²) < 4.78 is 12.9. The number of rotatable bonds is 1. The van der Waals surface area contributed by atoms with Crippen molar-refractivity contribution in [2.75, 3.05) is 0 Å². The van der Waals surface area contributed by atoms with E-state index in [9.17, 15) is 9.18 Å². The second kappa shape index (κ2) is 3.01. The Balaban J connectivity index is 2.39. The molecule has 2 rings (SSSR count). The molecule has 66 valence electrons. The molecule has 13 heavy (non-hydrogen) atoms. The van der Waals surface area contributed by atoms with Crippen LogP contribution in [0.15, 0.2) is 48.1 Å². The molecular formula is C10H8FNO.